The molecule has 3 nitrogen and oxygen atoms in total. The summed E-state index contributed by atoms with van der Waals surface area (Å²) in [5.41, 5.74) is -0.881. The molecule has 0 atom stereocenters. The summed E-state index contributed by atoms with van der Waals surface area (Å²) in [4.78, 5) is 12.0. The van der Waals surface area contributed by atoms with Gasteiger partial charge in [0, 0.05) is 6.04 Å². The predicted molar refractivity (Wildman–Crippen MR) is 84.7 cm³/mol. The molecule has 2 amide bonds. The molecular formula is C16H20ClF3N2O. The van der Waals surface area contributed by atoms with Crippen LogP contribution < -0.4 is 10.6 Å². The van der Waals surface area contributed by atoms with Gasteiger partial charge in [0.15, 0.2) is 0 Å². The number of hydrogen-bond donors (Lipinski definition) is 2. The van der Waals surface area contributed by atoms with Gasteiger partial charge in [-0.15, -0.1) is 0 Å². The molecule has 0 saturated heterocycles. The van der Waals surface area contributed by atoms with Crippen LogP contribution in [0.5, 0.6) is 0 Å². The first-order chi connectivity index (χ1) is 10.9. The summed E-state index contributed by atoms with van der Waals surface area (Å²) < 4.78 is 38.2. The van der Waals surface area contributed by atoms with Gasteiger partial charge < -0.3 is 10.6 Å². The number of nitrogens with one attached hydrogen (secondary N) is 2. The molecule has 7 heteroatoms. The molecule has 0 aromatic heterocycles. The van der Waals surface area contributed by atoms with Crippen molar-refractivity contribution in [3.63, 3.8) is 0 Å². The molecule has 1 aliphatic rings. The fourth-order valence-corrected chi connectivity index (χ4v) is 2.91. The molecule has 128 valence electrons. The van der Waals surface area contributed by atoms with E-state index in [4.69, 9.17) is 11.6 Å². The van der Waals surface area contributed by atoms with Crippen LogP contribution in [-0.4, -0.2) is 12.1 Å². The Morgan fingerprint density at radius 2 is 1.70 bits per heavy atom. The lowest BCUT2D eigenvalue weighted by Gasteiger charge is -2.21. The fourth-order valence-electron chi connectivity index (χ4n) is 2.74. The van der Waals surface area contributed by atoms with Crippen LogP contribution in [0.15, 0.2) is 18.2 Å². The lowest BCUT2D eigenvalue weighted by Crippen LogP contribution is -2.38. The lowest BCUT2D eigenvalue weighted by molar-refractivity contribution is -0.137. The van der Waals surface area contributed by atoms with Crippen LogP contribution in [-0.2, 0) is 6.18 Å². The van der Waals surface area contributed by atoms with Gasteiger partial charge in [-0.2, -0.15) is 13.2 Å². The van der Waals surface area contributed by atoms with Crippen LogP contribution >= 0.6 is 11.6 Å². The summed E-state index contributed by atoms with van der Waals surface area (Å²) in [6.07, 6.45) is 2.94. The maximum absolute atomic E-state index is 12.7. The molecule has 1 aromatic rings. The highest BCUT2D eigenvalue weighted by molar-refractivity contribution is 6.33. The quantitative estimate of drug-likeness (QED) is 0.718. The van der Waals surface area contributed by atoms with E-state index in [1.807, 2.05) is 0 Å². The number of carbonyl (C=O) groups excluding carboxylic acids is 1. The van der Waals surface area contributed by atoms with Gasteiger partial charge in [0.2, 0.25) is 0 Å². The minimum absolute atomic E-state index is 0.0372. The van der Waals surface area contributed by atoms with E-state index in [9.17, 15) is 18.0 Å². The first kappa shape index (κ1) is 17.9. The molecule has 0 bridgehead atoms. The second-order valence-corrected chi connectivity index (χ2v) is 6.24. The van der Waals surface area contributed by atoms with Gasteiger partial charge in [0.05, 0.1) is 16.3 Å². The summed E-state index contributed by atoms with van der Waals surface area (Å²) >= 11 is 5.87. The third-order valence-corrected chi connectivity index (χ3v) is 4.31. The first-order valence-corrected chi connectivity index (χ1v) is 8.18. The second-order valence-electron chi connectivity index (χ2n) is 5.83. The standard InChI is InChI=1S/C16H20ClF3N2O/c17-13-9-8-11(16(18,19)20)10-14(13)22-15(23)21-12-6-4-2-1-3-5-7-12/h8-10,12H,1-7H2,(H2,21,22,23). The Hall–Kier alpha value is -1.43. The molecule has 1 aliphatic carbocycles. The molecule has 0 spiro atoms. The van der Waals surface area contributed by atoms with Crippen molar-refractivity contribution in [3.8, 4) is 0 Å². The molecule has 2 rings (SSSR count). The van der Waals surface area contributed by atoms with Crippen molar-refractivity contribution in [1.82, 2.24) is 5.32 Å². The van der Waals surface area contributed by atoms with Crippen LogP contribution in [0.3, 0.4) is 0 Å². The number of benzene rings is 1. The minimum atomic E-state index is -4.48. The number of amides is 2. The molecular weight excluding hydrogens is 329 g/mol. The van der Waals surface area contributed by atoms with E-state index in [0.29, 0.717) is 0 Å². The second kappa shape index (κ2) is 7.90. The molecule has 0 unspecified atom stereocenters. The Morgan fingerprint density at radius 1 is 1.09 bits per heavy atom. The van der Waals surface area contributed by atoms with Gasteiger partial charge >= 0.3 is 12.2 Å². The maximum atomic E-state index is 12.7. The topological polar surface area (TPSA) is 41.1 Å². The summed E-state index contributed by atoms with van der Waals surface area (Å²) in [5, 5.41) is 5.33. The lowest BCUT2D eigenvalue weighted by atomic mass is 9.97. The zero-order valence-corrected chi connectivity index (χ0v) is 13.4. The molecule has 2 N–H and O–H groups in total. The van der Waals surface area contributed by atoms with Gasteiger partial charge in [-0.25, -0.2) is 4.79 Å². The van der Waals surface area contributed by atoms with Crippen LogP contribution in [0.1, 0.15) is 50.5 Å². The van der Waals surface area contributed by atoms with Gasteiger partial charge in [-0.3, -0.25) is 0 Å². The molecule has 0 aliphatic heterocycles. The Balaban J connectivity index is 1.99. The average molecular weight is 349 g/mol. The highest BCUT2D eigenvalue weighted by atomic mass is 35.5. The van der Waals surface area contributed by atoms with E-state index < -0.39 is 17.8 Å². The number of halogens is 4. The normalized spacial score (nSPS) is 17.2. The number of anilines is 1. The zero-order chi connectivity index (χ0) is 16.9. The fraction of sp³-hybridized carbons (Fsp3) is 0.562. The van der Waals surface area contributed by atoms with E-state index in [0.717, 1.165) is 56.7 Å². The number of urea groups is 1. The molecule has 1 saturated carbocycles. The van der Waals surface area contributed by atoms with E-state index in [1.165, 1.54) is 6.42 Å². The van der Waals surface area contributed by atoms with Crippen LogP contribution in [0.25, 0.3) is 0 Å². The number of alkyl halides is 3. The van der Waals surface area contributed by atoms with E-state index in [-0.39, 0.29) is 16.8 Å². The van der Waals surface area contributed by atoms with Crippen molar-refractivity contribution < 1.29 is 18.0 Å². The summed E-state index contributed by atoms with van der Waals surface area (Å²) in [6, 6.07) is 2.41. The van der Waals surface area contributed by atoms with Crippen LogP contribution in [0, 0.1) is 0 Å². The van der Waals surface area contributed by atoms with Crippen molar-refractivity contribution in [2.45, 2.75) is 57.2 Å². The van der Waals surface area contributed by atoms with Gasteiger partial charge in [-0.1, -0.05) is 43.7 Å². The Kier molecular flexibility index (Phi) is 6.16. The summed E-state index contributed by atoms with van der Waals surface area (Å²) in [6.45, 7) is 0. The molecule has 0 heterocycles. The largest absolute Gasteiger partial charge is 0.416 e. The van der Waals surface area contributed by atoms with Crippen molar-refractivity contribution in [3.05, 3.63) is 28.8 Å². The molecule has 0 radical (unpaired) electrons. The van der Waals surface area contributed by atoms with Crippen LogP contribution in [0.2, 0.25) is 5.02 Å². The summed E-state index contributed by atoms with van der Waals surface area (Å²) in [7, 11) is 0. The summed E-state index contributed by atoms with van der Waals surface area (Å²) in [5.74, 6) is 0. The van der Waals surface area contributed by atoms with E-state index in [1.54, 1.807) is 0 Å². The smallest absolute Gasteiger partial charge is 0.335 e. The third-order valence-electron chi connectivity index (χ3n) is 3.98. The monoisotopic (exact) mass is 348 g/mol. The van der Waals surface area contributed by atoms with Crippen molar-refractivity contribution in [2.24, 2.45) is 0 Å². The van der Waals surface area contributed by atoms with E-state index in [2.05, 4.69) is 10.6 Å². The van der Waals surface area contributed by atoms with Gasteiger partial charge in [-0.05, 0) is 31.0 Å². The van der Waals surface area contributed by atoms with E-state index >= 15 is 0 Å². The maximum Gasteiger partial charge on any atom is 0.416 e. The van der Waals surface area contributed by atoms with Gasteiger partial charge in [0.25, 0.3) is 0 Å². The number of hydrogen-bond acceptors (Lipinski definition) is 1. The Labute approximate surface area is 138 Å². The van der Waals surface area contributed by atoms with Crippen LogP contribution in [0.4, 0.5) is 23.7 Å². The van der Waals surface area contributed by atoms with Crippen molar-refractivity contribution in [1.29, 1.82) is 0 Å². The van der Waals surface area contributed by atoms with Crippen molar-refractivity contribution >= 4 is 23.3 Å². The first-order valence-electron chi connectivity index (χ1n) is 7.80. The Bertz CT molecular complexity index is 541. The molecule has 1 fully saturated rings. The average Bonchev–Trinajstić information content (AvgIpc) is 2.43. The highest BCUT2D eigenvalue weighted by Gasteiger charge is 2.31. The SMILES string of the molecule is O=C(Nc1cc(C(F)(F)F)ccc1Cl)NC1CCCCCCC1. The number of rotatable bonds is 2. The molecule has 1 aromatic carbocycles. The molecule has 23 heavy (non-hydrogen) atoms. The van der Waals surface area contributed by atoms with Crippen molar-refractivity contribution in [2.75, 3.05) is 5.32 Å². The third kappa shape index (κ3) is 5.61. The van der Waals surface area contributed by atoms with Gasteiger partial charge in [0.1, 0.15) is 0 Å². The Morgan fingerprint density at radius 3 is 2.30 bits per heavy atom. The number of carbonyl (C=O) groups is 1. The zero-order valence-electron chi connectivity index (χ0n) is 12.7. The highest BCUT2D eigenvalue weighted by Crippen LogP contribution is 2.33. The predicted octanol–water partition coefficient (Wildman–Crippen LogP) is 5.59. The minimum Gasteiger partial charge on any atom is -0.335 e.